The maximum absolute atomic E-state index is 12.2. The lowest BCUT2D eigenvalue weighted by Crippen LogP contribution is -2.23. The molecule has 26 heavy (non-hydrogen) atoms. The summed E-state index contributed by atoms with van der Waals surface area (Å²) in [4.78, 5) is 34.7. The van der Waals surface area contributed by atoms with Crippen LogP contribution in [-0.2, 0) is 16.1 Å². The van der Waals surface area contributed by atoms with Crippen LogP contribution >= 0.6 is 0 Å². The van der Waals surface area contributed by atoms with E-state index in [1.54, 1.807) is 54.6 Å². The first-order chi connectivity index (χ1) is 12.5. The molecule has 132 valence electrons. The highest BCUT2D eigenvalue weighted by Gasteiger charge is 2.07. The summed E-state index contributed by atoms with van der Waals surface area (Å²) in [6.45, 7) is 1.72. The van der Waals surface area contributed by atoms with Crippen molar-refractivity contribution in [2.75, 3.05) is 10.6 Å². The Morgan fingerprint density at radius 1 is 1.00 bits per heavy atom. The van der Waals surface area contributed by atoms with Gasteiger partial charge in [0.15, 0.2) is 0 Å². The number of benzene rings is 2. The lowest BCUT2D eigenvalue weighted by molar-refractivity contribution is -0.115. The number of rotatable bonds is 6. The summed E-state index contributed by atoms with van der Waals surface area (Å²) in [5, 5.41) is 16.5. The number of hydrogen-bond acceptors (Lipinski definition) is 4. The van der Waals surface area contributed by atoms with Crippen molar-refractivity contribution < 1.29 is 14.4 Å². The van der Waals surface area contributed by atoms with Gasteiger partial charge in [-0.2, -0.15) is 5.26 Å². The third-order valence-electron chi connectivity index (χ3n) is 3.38. The van der Waals surface area contributed by atoms with E-state index in [0.29, 0.717) is 23.5 Å². The summed E-state index contributed by atoms with van der Waals surface area (Å²) in [5.74, 6) is -0.833. The zero-order valence-corrected chi connectivity index (χ0v) is 14.2. The van der Waals surface area contributed by atoms with Crippen molar-refractivity contribution in [1.29, 1.82) is 5.26 Å². The summed E-state index contributed by atoms with van der Waals surface area (Å²) < 4.78 is 0. The van der Waals surface area contributed by atoms with E-state index >= 15 is 0 Å². The van der Waals surface area contributed by atoms with Gasteiger partial charge >= 0.3 is 0 Å². The Morgan fingerprint density at radius 2 is 1.73 bits per heavy atom. The van der Waals surface area contributed by atoms with E-state index in [0.717, 1.165) is 5.56 Å². The van der Waals surface area contributed by atoms with E-state index in [4.69, 9.17) is 5.26 Å². The number of carbonyl (C=O) groups is 3. The molecule has 0 aliphatic heterocycles. The van der Waals surface area contributed by atoms with Gasteiger partial charge in [0.05, 0.1) is 6.07 Å². The van der Waals surface area contributed by atoms with E-state index in [9.17, 15) is 14.4 Å². The van der Waals surface area contributed by atoms with Gasteiger partial charge < -0.3 is 16.0 Å². The van der Waals surface area contributed by atoms with E-state index in [-0.39, 0.29) is 24.1 Å². The van der Waals surface area contributed by atoms with Gasteiger partial charge in [0, 0.05) is 30.4 Å². The molecule has 0 saturated heterocycles. The van der Waals surface area contributed by atoms with Crippen molar-refractivity contribution >= 4 is 29.1 Å². The Bertz CT molecular complexity index is 854. The fourth-order valence-electron chi connectivity index (χ4n) is 2.21. The molecule has 2 aromatic carbocycles. The van der Waals surface area contributed by atoms with Crippen molar-refractivity contribution in [2.45, 2.75) is 19.9 Å². The molecule has 0 bridgehead atoms. The van der Waals surface area contributed by atoms with Crippen LogP contribution in [0, 0.1) is 11.3 Å². The molecule has 0 saturated carbocycles. The molecule has 0 aliphatic carbocycles. The summed E-state index contributed by atoms with van der Waals surface area (Å²) in [6.07, 6.45) is -0.199. The Hall–Kier alpha value is -3.66. The fraction of sp³-hybridized carbons (Fsp3) is 0.158. The van der Waals surface area contributed by atoms with Crippen LogP contribution in [0.3, 0.4) is 0 Å². The SMILES string of the molecule is CC(=O)Nc1cccc(C(=O)NCc2ccc(NC(=O)CC#N)cc2)c1. The quantitative estimate of drug-likeness (QED) is 0.743. The van der Waals surface area contributed by atoms with Gasteiger partial charge in [0.2, 0.25) is 11.8 Å². The van der Waals surface area contributed by atoms with Crippen LogP contribution in [0.2, 0.25) is 0 Å². The number of anilines is 2. The average molecular weight is 350 g/mol. The highest BCUT2D eigenvalue weighted by Crippen LogP contribution is 2.12. The van der Waals surface area contributed by atoms with Gasteiger partial charge in [-0.15, -0.1) is 0 Å². The van der Waals surface area contributed by atoms with Gasteiger partial charge in [-0.25, -0.2) is 0 Å². The number of hydrogen-bond donors (Lipinski definition) is 3. The number of nitriles is 1. The van der Waals surface area contributed by atoms with Crippen LogP contribution in [0.25, 0.3) is 0 Å². The minimum atomic E-state index is -0.368. The maximum Gasteiger partial charge on any atom is 0.251 e. The molecule has 0 radical (unpaired) electrons. The van der Waals surface area contributed by atoms with E-state index in [2.05, 4.69) is 16.0 Å². The number of nitrogens with zero attached hydrogens (tertiary/aromatic N) is 1. The largest absolute Gasteiger partial charge is 0.348 e. The smallest absolute Gasteiger partial charge is 0.251 e. The molecular formula is C19H18N4O3. The number of nitrogens with one attached hydrogen (secondary N) is 3. The number of carbonyl (C=O) groups excluding carboxylic acids is 3. The van der Waals surface area contributed by atoms with Gasteiger partial charge in [0.1, 0.15) is 6.42 Å². The van der Waals surface area contributed by atoms with Crippen LogP contribution in [0.4, 0.5) is 11.4 Å². The third kappa shape index (κ3) is 5.76. The van der Waals surface area contributed by atoms with Crippen LogP contribution < -0.4 is 16.0 Å². The topological polar surface area (TPSA) is 111 Å². The van der Waals surface area contributed by atoms with Crippen molar-refractivity contribution in [2.24, 2.45) is 0 Å². The fourth-order valence-corrected chi connectivity index (χ4v) is 2.21. The Labute approximate surface area is 151 Å². The molecule has 0 atom stereocenters. The molecule has 0 heterocycles. The minimum absolute atomic E-state index is 0.199. The molecule has 0 unspecified atom stereocenters. The first-order valence-electron chi connectivity index (χ1n) is 7.89. The van der Waals surface area contributed by atoms with Crippen LogP contribution in [0.15, 0.2) is 48.5 Å². The zero-order valence-electron chi connectivity index (χ0n) is 14.2. The lowest BCUT2D eigenvalue weighted by Gasteiger charge is -2.08. The van der Waals surface area contributed by atoms with Gasteiger partial charge in [0.25, 0.3) is 5.91 Å². The molecule has 2 rings (SSSR count). The molecule has 3 N–H and O–H groups in total. The van der Waals surface area contributed by atoms with E-state index in [1.165, 1.54) is 6.92 Å². The Balaban J connectivity index is 1.92. The zero-order chi connectivity index (χ0) is 18.9. The second-order valence-electron chi connectivity index (χ2n) is 5.52. The molecule has 3 amide bonds. The van der Waals surface area contributed by atoms with Gasteiger partial charge in [-0.1, -0.05) is 18.2 Å². The molecule has 0 aromatic heterocycles. The summed E-state index contributed by atoms with van der Waals surface area (Å²) in [7, 11) is 0. The minimum Gasteiger partial charge on any atom is -0.348 e. The second-order valence-corrected chi connectivity index (χ2v) is 5.52. The predicted octanol–water partition coefficient (Wildman–Crippen LogP) is 2.43. The van der Waals surface area contributed by atoms with Crippen LogP contribution in [-0.4, -0.2) is 17.7 Å². The Kier molecular flexibility index (Phi) is 6.46. The molecule has 7 nitrogen and oxygen atoms in total. The normalized spacial score (nSPS) is 9.69. The number of amides is 3. The van der Waals surface area contributed by atoms with Crippen molar-refractivity contribution in [3.63, 3.8) is 0 Å². The Morgan fingerprint density at radius 3 is 2.38 bits per heavy atom. The molecule has 0 aliphatic rings. The molecular weight excluding hydrogens is 332 g/mol. The van der Waals surface area contributed by atoms with Crippen molar-refractivity contribution in [1.82, 2.24) is 5.32 Å². The molecule has 0 spiro atoms. The first-order valence-corrected chi connectivity index (χ1v) is 7.89. The van der Waals surface area contributed by atoms with E-state index in [1.807, 2.05) is 0 Å². The predicted molar refractivity (Wildman–Crippen MR) is 97.2 cm³/mol. The standard InChI is InChI=1S/C19H18N4O3/c1-13(24)22-17-4-2-3-15(11-17)19(26)21-12-14-5-7-16(8-6-14)23-18(25)9-10-20/h2-8,11H,9,12H2,1H3,(H,21,26)(H,22,24)(H,23,25). The van der Waals surface area contributed by atoms with Crippen molar-refractivity contribution in [3.8, 4) is 6.07 Å². The molecule has 2 aromatic rings. The first kappa shape index (κ1) is 18.7. The highest BCUT2D eigenvalue weighted by atomic mass is 16.2. The summed E-state index contributed by atoms with van der Waals surface area (Å²) in [5.41, 5.74) is 2.44. The third-order valence-corrected chi connectivity index (χ3v) is 3.38. The van der Waals surface area contributed by atoms with Crippen LogP contribution in [0.5, 0.6) is 0 Å². The monoisotopic (exact) mass is 350 g/mol. The van der Waals surface area contributed by atoms with Crippen molar-refractivity contribution in [3.05, 3.63) is 59.7 Å². The summed E-state index contributed by atoms with van der Waals surface area (Å²) in [6, 6.07) is 15.4. The van der Waals surface area contributed by atoms with Gasteiger partial charge in [-0.3, -0.25) is 14.4 Å². The highest BCUT2D eigenvalue weighted by molar-refractivity contribution is 5.96. The molecule has 7 heteroatoms. The van der Waals surface area contributed by atoms with E-state index < -0.39 is 0 Å². The lowest BCUT2D eigenvalue weighted by atomic mass is 10.1. The second kappa shape index (κ2) is 8.99. The summed E-state index contributed by atoms with van der Waals surface area (Å²) >= 11 is 0. The van der Waals surface area contributed by atoms with Gasteiger partial charge in [-0.05, 0) is 35.9 Å². The van der Waals surface area contributed by atoms with Crippen LogP contribution in [0.1, 0.15) is 29.3 Å². The maximum atomic E-state index is 12.2. The average Bonchev–Trinajstić information content (AvgIpc) is 2.60. The molecule has 0 fully saturated rings.